The van der Waals surface area contributed by atoms with Crippen molar-refractivity contribution >= 4 is 61.6 Å². The molecule has 1 atom stereocenters. The third-order valence-electron chi connectivity index (χ3n) is 6.73. The number of nitrogens with zero attached hydrogens (tertiary/aromatic N) is 3. The number of halogens is 4. The minimum Gasteiger partial charge on any atom is -0.496 e. The molecule has 0 saturated carbocycles. The number of carbonyl (C=O) groups excluding carboxylic acids is 2. The molecule has 2 aromatic heterocycles. The first kappa shape index (κ1) is 31.6. The summed E-state index contributed by atoms with van der Waals surface area (Å²) < 4.78 is 73.9. The molecule has 1 amide bonds. The summed E-state index contributed by atoms with van der Waals surface area (Å²) in [5.74, 6) is -2.47. The topological polar surface area (TPSA) is 132 Å². The Labute approximate surface area is 258 Å². The highest BCUT2D eigenvalue weighted by molar-refractivity contribution is 7.94. The second kappa shape index (κ2) is 12.6. The smallest absolute Gasteiger partial charge is 0.492 e. The fraction of sp³-hybridized carbons (Fsp3) is 0.296. The van der Waals surface area contributed by atoms with Crippen molar-refractivity contribution in [2.75, 3.05) is 18.4 Å². The van der Waals surface area contributed by atoms with Gasteiger partial charge in [0, 0.05) is 13.1 Å². The molecule has 0 spiro atoms. The number of fused-ring (bicyclic) bond motifs is 1. The summed E-state index contributed by atoms with van der Waals surface area (Å²) >= 11 is 6.85. The number of sulfonamides is 1. The van der Waals surface area contributed by atoms with E-state index in [1.807, 2.05) is 12.1 Å². The second-order valence-electron chi connectivity index (χ2n) is 9.74. The zero-order valence-corrected chi connectivity index (χ0v) is 25.3. The van der Waals surface area contributed by atoms with Gasteiger partial charge in [-0.15, -0.1) is 16.4 Å². The number of nitrogens with one attached hydrogen (secondary N) is 2. The maximum Gasteiger partial charge on any atom is 0.492 e. The molecule has 44 heavy (non-hydrogen) atoms. The Bertz CT molecular complexity index is 1810. The molecule has 1 fully saturated rings. The minimum absolute atomic E-state index is 0.0111. The van der Waals surface area contributed by atoms with Crippen LogP contribution in [0.4, 0.5) is 19.0 Å². The van der Waals surface area contributed by atoms with Crippen molar-refractivity contribution < 1.29 is 40.8 Å². The van der Waals surface area contributed by atoms with Gasteiger partial charge in [-0.3, -0.25) is 14.2 Å². The van der Waals surface area contributed by atoms with Gasteiger partial charge in [0.2, 0.25) is 5.91 Å². The lowest BCUT2D eigenvalue weighted by Gasteiger charge is -2.22. The molecule has 17 heteroatoms. The van der Waals surface area contributed by atoms with Gasteiger partial charge in [0.15, 0.2) is 5.82 Å². The van der Waals surface area contributed by atoms with Crippen molar-refractivity contribution in [3.05, 3.63) is 70.1 Å². The van der Waals surface area contributed by atoms with Crippen molar-refractivity contribution in [3.63, 3.8) is 0 Å². The summed E-state index contributed by atoms with van der Waals surface area (Å²) in [5, 5.41) is 8.44. The molecule has 5 rings (SSSR count). The van der Waals surface area contributed by atoms with Gasteiger partial charge in [-0.2, -0.15) is 18.3 Å². The first-order valence-electron chi connectivity index (χ1n) is 13.1. The Morgan fingerprint density at radius 2 is 1.89 bits per heavy atom. The minimum atomic E-state index is -5.17. The third-order valence-corrected chi connectivity index (χ3v) is 9.79. The van der Waals surface area contributed by atoms with E-state index < -0.39 is 34.1 Å². The highest BCUT2D eigenvalue weighted by atomic mass is 35.5. The number of hydroxylamine groups is 2. The van der Waals surface area contributed by atoms with Crippen LogP contribution in [-0.2, 0) is 37.5 Å². The summed E-state index contributed by atoms with van der Waals surface area (Å²) in [6.45, 7) is 0.297. The number of aromatic nitrogens is 2. The molecule has 11 nitrogen and oxygen atoms in total. The normalized spacial score (nSPS) is 15.8. The van der Waals surface area contributed by atoms with Crippen molar-refractivity contribution in [1.82, 2.24) is 20.2 Å². The van der Waals surface area contributed by atoms with Crippen LogP contribution < -0.4 is 14.8 Å². The Morgan fingerprint density at radius 1 is 1.14 bits per heavy atom. The lowest BCUT2D eigenvalue weighted by molar-refractivity contribution is -0.240. The van der Waals surface area contributed by atoms with Crippen LogP contribution in [0.1, 0.15) is 24.0 Å². The molecular weight excluding hydrogens is 647 g/mol. The van der Waals surface area contributed by atoms with E-state index in [1.165, 1.54) is 19.2 Å². The number of amides is 1. The number of anilines is 1. The fourth-order valence-corrected chi connectivity index (χ4v) is 7.26. The van der Waals surface area contributed by atoms with Crippen molar-refractivity contribution in [1.29, 1.82) is 0 Å². The average Bonchev–Trinajstić information content (AvgIpc) is 3.71. The predicted octanol–water partition coefficient (Wildman–Crippen LogP) is 4.71. The number of methoxy groups -OCH3 is 1. The molecule has 4 aromatic rings. The largest absolute Gasteiger partial charge is 0.496 e. The van der Waals surface area contributed by atoms with Crippen molar-refractivity contribution in [3.8, 4) is 5.75 Å². The summed E-state index contributed by atoms with van der Waals surface area (Å²) in [5.41, 5.74) is 2.06. The SMILES string of the molecule is COc1cccc2c1c(NS(=O)(=O)c1ccc(Cl)s1)nn2Cc1cccc(CNC(=O)[C@H]2CCCN2OC(=O)C(F)(F)F)c1. The molecule has 1 aliphatic heterocycles. The van der Waals surface area contributed by atoms with E-state index >= 15 is 0 Å². The van der Waals surface area contributed by atoms with E-state index in [4.69, 9.17) is 16.3 Å². The molecule has 0 unspecified atom stereocenters. The number of rotatable bonds is 10. The molecule has 0 bridgehead atoms. The van der Waals surface area contributed by atoms with E-state index in [0.29, 0.717) is 33.0 Å². The van der Waals surface area contributed by atoms with Gasteiger partial charge >= 0.3 is 12.1 Å². The summed E-state index contributed by atoms with van der Waals surface area (Å²) in [6.07, 6.45) is -4.54. The number of alkyl halides is 3. The third kappa shape index (κ3) is 6.93. The number of thiophene rings is 1. The highest BCUT2D eigenvalue weighted by Gasteiger charge is 2.45. The lowest BCUT2D eigenvalue weighted by atomic mass is 10.1. The maximum atomic E-state index is 13.0. The zero-order chi connectivity index (χ0) is 31.6. The van der Waals surface area contributed by atoms with Gasteiger partial charge in [0.05, 0.1) is 28.9 Å². The number of benzene rings is 2. The van der Waals surface area contributed by atoms with Gasteiger partial charge in [0.25, 0.3) is 10.0 Å². The molecule has 1 aliphatic rings. The molecule has 3 heterocycles. The van der Waals surface area contributed by atoms with Gasteiger partial charge < -0.3 is 14.9 Å². The molecular formula is C27H25ClF3N5O6S2. The van der Waals surface area contributed by atoms with Crippen LogP contribution in [0.3, 0.4) is 0 Å². The second-order valence-corrected chi connectivity index (χ2v) is 13.4. The molecule has 2 N–H and O–H groups in total. The van der Waals surface area contributed by atoms with Gasteiger partial charge in [-0.05, 0) is 48.2 Å². The van der Waals surface area contributed by atoms with Crippen molar-refractivity contribution in [2.45, 2.75) is 42.4 Å². The van der Waals surface area contributed by atoms with E-state index in [2.05, 4.69) is 20.0 Å². The Balaban J connectivity index is 1.32. The first-order chi connectivity index (χ1) is 20.9. The number of hydrogen-bond acceptors (Lipinski definition) is 9. The standard InChI is InChI=1S/C27H25ClF3N5O6S2/c1-41-20-9-3-7-18-23(20)24(34-44(39,40)22-11-10-21(28)43-22)33-35(18)15-17-6-2-5-16(13-17)14-32-25(37)19-8-4-12-36(19)42-26(38)27(29,30)31/h2-3,5-7,9-11,13,19H,4,8,12,14-15H2,1H3,(H,32,37)(H,33,34)/t19-/m1/s1. The zero-order valence-electron chi connectivity index (χ0n) is 22.9. The van der Waals surface area contributed by atoms with Crippen LogP contribution in [0, 0.1) is 0 Å². The molecule has 2 aromatic carbocycles. The van der Waals surface area contributed by atoms with Crippen LogP contribution >= 0.6 is 22.9 Å². The van der Waals surface area contributed by atoms with Crippen LogP contribution in [0.15, 0.2) is 58.8 Å². The number of ether oxygens (including phenoxy) is 1. The molecule has 234 valence electrons. The van der Waals surface area contributed by atoms with Gasteiger partial charge in [-0.1, -0.05) is 41.9 Å². The summed E-state index contributed by atoms with van der Waals surface area (Å²) in [7, 11) is -2.53. The molecule has 1 saturated heterocycles. The van der Waals surface area contributed by atoms with Gasteiger partial charge in [0.1, 0.15) is 16.0 Å². The Hall–Kier alpha value is -3.86. The van der Waals surface area contributed by atoms with Crippen LogP contribution in [0.2, 0.25) is 4.34 Å². The molecule has 0 aliphatic carbocycles. The van der Waals surface area contributed by atoms with E-state index in [-0.39, 0.29) is 36.1 Å². The Kier molecular flexibility index (Phi) is 9.06. The number of carbonyl (C=O) groups is 2. The summed E-state index contributed by atoms with van der Waals surface area (Å²) in [6, 6.07) is 14.2. The lowest BCUT2D eigenvalue weighted by Crippen LogP contribution is -2.45. The van der Waals surface area contributed by atoms with Crippen molar-refractivity contribution in [2.24, 2.45) is 0 Å². The van der Waals surface area contributed by atoms with Gasteiger partial charge in [-0.25, -0.2) is 13.2 Å². The Morgan fingerprint density at radius 3 is 2.59 bits per heavy atom. The van der Waals surface area contributed by atoms with Crippen LogP contribution in [0.5, 0.6) is 5.75 Å². The fourth-order valence-electron chi connectivity index (χ4n) is 4.77. The first-order valence-corrected chi connectivity index (χ1v) is 15.8. The average molecular weight is 672 g/mol. The van der Waals surface area contributed by atoms with E-state index in [0.717, 1.165) is 22.0 Å². The summed E-state index contributed by atoms with van der Waals surface area (Å²) in [4.78, 5) is 28.4. The maximum absolute atomic E-state index is 13.0. The van der Waals surface area contributed by atoms with E-state index in [1.54, 1.807) is 35.0 Å². The quantitative estimate of drug-likeness (QED) is 0.248. The number of hydrogen-bond donors (Lipinski definition) is 2. The predicted molar refractivity (Wildman–Crippen MR) is 156 cm³/mol. The molecule has 0 radical (unpaired) electrons. The monoisotopic (exact) mass is 671 g/mol. The van der Waals surface area contributed by atoms with Crippen LogP contribution in [-0.4, -0.2) is 61.0 Å². The van der Waals surface area contributed by atoms with E-state index in [9.17, 15) is 31.2 Å². The highest BCUT2D eigenvalue weighted by Crippen LogP contribution is 2.35. The van der Waals surface area contributed by atoms with Crippen LogP contribution in [0.25, 0.3) is 10.9 Å².